The summed E-state index contributed by atoms with van der Waals surface area (Å²) >= 11 is 1.44. The van der Waals surface area contributed by atoms with Crippen molar-refractivity contribution < 1.29 is 13.6 Å². The third-order valence-electron chi connectivity index (χ3n) is 2.07. The molecule has 0 fully saturated rings. The fourth-order valence-electron chi connectivity index (χ4n) is 1.23. The maximum atomic E-state index is 13.5. The Labute approximate surface area is 108 Å². The number of amides is 1. The van der Waals surface area contributed by atoms with Gasteiger partial charge in [0, 0.05) is 12.3 Å². The van der Waals surface area contributed by atoms with Gasteiger partial charge in [-0.1, -0.05) is 5.92 Å². The molecule has 0 unspecified atom stereocenters. The normalized spacial score (nSPS) is 9.83. The lowest BCUT2D eigenvalue weighted by atomic mass is 10.1. The van der Waals surface area contributed by atoms with Crippen molar-refractivity contribution in [2.75, 3.05) is 23.8 Å². The molecule has 0 radical (unpaired) electrons. The summed E-state index contributed by atoms with van der Waals surface area (Å²) in [5.41, 5.74) is 4.36. The van der Waals surface area contributed by atoms with E-state index >= 15 is 0 Å². The lowest BCUT2D eigenvalue weighted by Gasteiger charge is -2.07. The number of terminal acetylenes is 1. The van der Waals surface area contributed by atoms with Crippen LogP contribution in [0.15, 0.2) is 12.1 Å². The molecule has 0 bridgehead atoms. The number of benzene rings is 1. The van der Waals surface area contributed by atoms with Gasteiger partial charge in [-0.3, -0.25) is 4.79 Å². The topological polar surface area (TPSA) is 55.1 Å². The number of rotatable bonds is 5. The van der Waals surface area contributed by atoms with Crippen LogP contribution < -0.4 is 11.1 Å². The minimum atomic E-state index is -1.04. The summed E-state index contributed by atoms with van der Waals surface area (Å²) in [6, 6.07) is 2.03. The Morgan fingerprint density at radius 2 is 2.22 bits per heavy atom. The standard InChI is InChI=1S/C12H12F2N2OS/c1-2-6-18-7-5-16-12(17)10-8(13)3-4-9(15)11(10)14/h1,3-4H,5-7,15H2,(H,16,17). The number of carbonyl (C=O) groups is 1. The lowest BCUT2D eigenvalue weighted by Crippen LogP contribution is -2.28. The van der Waals surface area contributed by atoms with E-state index in [1.54, 1.807) is 0 Å². The third kappa shape index (κ3) is 3.64. The van der Waals surface area contributed by atoms with E-state index in [-0.39, 0.29) is 12.2 Å². The Morgan fingerprint density at radius 3 is 2.89 bits per heavy atom. The summed E-state index contributed by atoms with van der Waals surface area (Å²) in [4.78, 5) is 11.6. The second kappa shape index (κ2) is 6.87. The maximum absolute atomic E-state index is 13.5. The van der Waals surface area contributed by atoms with E-state index in [4.69, 9.17) is 12.2 Å². The number of nitrogen functional groups attached to an aromatic ring is 1. The summed E-state index contributed by atoms with van der Waals surface area (Å²) in [5, 5.41) is 2.40. The van der Waals surface area contributed by atoms with Gasteiger partial charge >= 0.3 is 0 Å². The zero-order valence-electron chi connectivity index (χ0n) is 9.50. The van der Waals surface area contributed by atoms with Gasteiger partial charge in [-0.2, -0.15) is 0 Å². The van der Waals surface area contributed by atoms with Gasteiger partial charge in [0.2, 0.25) is 0 Å². The monoisotopic (exact) mass is 270 g/mol. The average molecular weight is 270 g/mol. The van der Waals surface area contributed by atoms with Crippen LogP contribution in [0.5, 0.6) is 0 Å². The zero-order chi connectivity index (χ0) is 13.5. The molecular formula is C12H12F2N2OS. The van der Waals surface area contributed by atoms with Crippen LogP contribution in [0.4, 0.5) is 14.5 Å². The number of thioether (sulfide) groups is 1. The van der Waals surface area contributed by atoms with Crippen LogP contribution in [0.2, 0.25) is 0 Å². The highest BCUT2D eigenvalue weighted by atomic mass is 32.2. The fourth-order valence-corrected chi connectivity index (χ4v) is 1.74. The molecule has 1 aromatic rings. The second-order valence-electron chi connectivity index (χ2n) is 3.34. The van der Waals surface area contributed by atoms with Crippen LogP contribution in [0, 0.1) is 24.0 Å². The number of anilines is 1. The van der Waals surface area contributed by atoms with Gasteiger partial charge in [-0.05, 0) is 12.1 Å². The van der Waals surface area contributed by atoms with Gasteiger partial charge < -0.3 is 11.1 Å². The molecule has 6 heteroatoms. The van der Waals surface area contributed by atoms with Crippen molar-refractivity contribution in [1.29, 1.82) is 0 Å². The molecule has 3 nitrogen and oxygen atoms in total. The Morgan fingerprint density at radius 1 is 1.50 bits per heavy atom. The van der Waals surface area contributed by atoms with Crippen molar-refractivity contribution in [2.24, 2.45) is 0 Å². The SMILES string of the molecule is C#CCSCCNC(=O)c1c(F)ccc(N)c1F. The highest BCUT2D eigenvalue weighted by Gasteiger charge is 2.18. The number of hydrogen-bond donors (Lipinski definition) is 2. The first-order valence-corrected chi connectivity index (χ1v) is 6.26. The third-order valence-corrected chi connectivity index (χ3v) is 2.93. The quantitative estimate of drug-likeness (QED) is 0.486. The Hall–Kier alpha value is -1.74. The molecule has 0 saturated heterocycles. The molecule has 18 heavy (non-hydrogen) atoms. The summed E-state index contributed by atoms with van der Waals surface area (Å²) in [6.45, 7) is 0.277. The smallest absolute Gasteiger partial charge is 0.257 e. The van der Waals surface area contributed by atoms with E-state index in [9.17, 15) is 13.6 Å². The van der Waals surface area contributed by atoms with Crippen LogP contribution >= 0.6 is 11.8 Å². The number of halogens is 2. The first-order chi connectivity index (χ1) is 8.57. The highest BCUT2D eigenvalue weighted by molar-refractivity contribution is 7.99. The molecule has 0 spiro atoms. The molecule has 0 atom stereocenters. The summed E-state index contributed by atoms with van der Waals surface area (Å²) in [7, 11) is 0. The van der Waals surface area contributed by atoms with E-state index in [2.05, 4.69) is 11.2 Å². The molecule has 0 aromatic heterocycles. The second-order valence-corrected chi connectivity index (χ2v) is 4.44. The summed E-state index contributed by atoms with van der Waals surface area (Å²) < 4.78 is 26.8. The van der Waals surface area contributed by atoms with E-state index in [1.165, 1.54) is 11.8 Å². The minimum Gasteiger partial charge on any atom is -0.396 e. The van der Waals surface area contributed by atoms with Crippen molar-refractivity contribution in [2.45, 2.75) is 0 Å². The molecule has 0 aliphatic heterocycles. The Balaban J connectivity index is 2.62. The van der Waals surface area contributed by atoms with E-state index in [0.717, 1.165) is 12.1 Å². The predicted octanol–water partition coefficient (Wildman–Crippen LogP) is 1.64. The van der Waals surface area contributed by atoms with Crippen molar-refractivity contribution in [3.05, 3.63) is 29.3 Å². The van der Waals surface area contributed by atoms with Gasteiger partial charge in [0.25, 0.3) is 5.91 Å². The number of nitrogens with two attached hydrogens (primary N) is 1. The molecule has 1 rings (SSSR count). The number of carbonyl (C=O) groups excluding carboxylic acids is 1. The lowest BCUT2D eigenvalue weighted by molar-refractivity contribution is 0.0948. The van der Waals surface area contributed by atoms with Crippen LogP contribution in [0.1, 0.15) is 10.4 Å². The Kier molecular flexibility index (Phi) is 5.46. The maximum Gasteiger partial charge on any atom is 0.257 e. The average Bonchev–Trinajstić information content (AvgIpc) is 2.34. The molecule has 0 heterocycles. The summed E-state index contributed by atoms with van der Waals surface area (Å²) in [5.74, 6) is 0.729. The zero-order valence-corrected chi connectivity index (χ0v) is 10.3. The largest absolute Gasteiger partial charge is 0.396 e. The molecule has 0 aliphatic carbocycles. The van der Waals surface area contributed by atoms with E-state index in [0.29, 0.717) is 11.5 Å². The van der Waals surface area contributed by atoms with Crippen molar-refractivity contribution in [1.82, 2.24) is 5.32 Å². The van der Waals surface area contributed by atoms with Crippen molar-refractivity contribution in [3.8, 4) is 12.3 Å². The van der Waals surface area contributed by atoms with Crippen LogP contribution in [-0.2, 0) is 0 Å². The van der Waals surface area contributed by atoms with Gasteiger partial charge in [-0.25, -0.2) is 8.78 Å². The molecule has 0 aliphatic rings. The first kappa shape index (κ1) is 14.3. The molecule has 3 N–H and O–H groups in total. The van der Waals surface area contributed by atoms with Gasteiger partial charge in [0.05, 0.1) is 11.4 Å². The minimum absolute atomic E-state index is 0.261. The van der Waals surface area contributed by atoms with Crippen LogP contribution in [-0.4, -0.2) is 24.0 Å². The summed E-state index contributed by atoms with van der Waals surface area (Å²) in [6.07, 6.45) is 5.05. The van der Waals surface area contributed by atoms with Gasteiger partial charge in [0.15, 0.2) is 5.82 Å². The first-order valence-electron chi connectivity index (χ1n) is 5.10. The molecule has 1 amide bonds. The van der Waals surface area contributed by atoms with E-state index in [1.807, 2.05) is 0 Å². The van der Waals surface area contributed by atoms with Crippen LogP contribution in [0.25, 0.3) is 0 Å². The molecular weight excluding hydrogens is 258 g/mol. The van der Waals surface area contributed by atoms with Gasteiger partial charge in [0.1, 0.15) is 11.4 Å². The molecule has 1 aromatic carbocycles. The highest BCUT2D eigenvalue weighted by Crippen LogP contribution is 2.18. The van der Waals surface area contributed by atoms with Crippen molar-refractivity contribution in [3.63, 3.8) is 0 Å². The number of hydrogen-bond acceptors (Lipinski definition) is 3. The molecule has 0 saturated carbocycles. The predicted molar refractivity (Wildman–Crippen MR) is 69.3 cm³/mol. The Bertz CT molecular complexity index is 486. The number of nitrogens with one attached hydrogen (secondary N) is 1. The van der Waals surface area contributed by atoms with Crippen molar-refractivity contribution >= 4 is 23.4 Å². The van der Waals surface area contributed by atoms with Crippen LogP contribution in [0.3, 0.4) is 0 Å². The molecule has 96 valence electrons. The van der Waals surface area contributed by atoms with E-state index < -0.39 is 23.1 Å². The fraction of sp³-hybridized carbons (Fsp3) is 0.250. The van der Waals surface area contributed by atoms with Gasteiger partial charge in [-0.15, -0.1) is 18.2 Å².